The van der Waals surface area contributed by atoms with Gasteiger partial charge in [0.25, 0.3) is 0 Å². The first-order valence-electron chi connectivity index (χ1n) is 8.41. The molecule has 0 amide bonds. The number of hydrogen-bond donors (Lipinski definition) is 2. The van der Waals surface area contributed by atoms with Gasteiger partial charge in [-0.05, 0) is 62.6 Å². The third kappa shape index (κ3) is 3.90. The van der Waals surface area contributed by atoms with Crippen molar-refractivity contribution in [3.63, 3.8) is 0 Å². The zero-order chi connectivity index (χ0) is 17.1. The molecule has 23 heavy (non-hydrogen) atoms. The van der Waals surface area contributed by atoms with Crippen LogP contribution in [0.3, 0.4) is 0 Å². The van der Waals surface area contributed by atoms with E-state index in [2.05, 4.69) is 32.9 Å². The Labute approximate surface area is 138 Å². The summed E-state index contributed by atoms with van der Waals surface area (Å²) in [5.41, 5.74) is 6.00. The first-order valence-corrected chi connectivity index (χ1v) is 8.41. The van der Waals surface area contributed by atoms with Crippen LogP contribution in [0.2, 0.25) is 0 Å². The normalized spacial score (nSPS) is 18.4. The number of aliphatic hydroxyl groups is 1. The Bertz CT molecular complexity index is 647. The highest BCUT2D eigenvalue weighted by Gasteiger charge is 2.30. The molecule has 0 fully saturated rings. The van der Waals surface area contributed by atoms with Crippen molar-refractivity contribution in [2.45, 2.75) is 65.7 Å². The zero-order valence-electron chi connectivity index (χ0n) is 14.6. The molecule has 0 aliphatic heterocycles. The second-order valence-electron chi connectivity index (χ2n) is 6.72. The lowest BCUT2D eigenvalue weighted by Crippen LogP contribution is -2.20. The van der Waals surface area contributed by atoms with Gasteiger partial charge < -0.3 is 10.5 Å². The van der Waals surface area contributed by atoms with Crippen LogP contribution in [0.25, 0.3) is 0 Å². The third-order valence-corrected chi connectivity index (χ3v) is 4.81. The molecular weight excluding hydrogens is 286 g/mol. The highest BCUT2D eigenvalue weighted by atomic mass is 16.3. The molecule has 3 nitrogen and oxygen atoms in total. The molecule has 1 aliphatic carbocycles. The van der Waals surface area contributed by atoms with Gasteiger partial charge in [-0.1, -0.05) is 24.6 Å². The Morgan fingerprint density at radius 1 is 1.22 bits per heavy atom. The van der Waals surface area contributed by atoms with E-state index in [1.165, 1.54) is 22.3 Å². The van der Waals surface area contributed by atoms with Crippen LogP contribution in [-0.4, -0.2) is 16.6 Å². The van der Waals surface area contributed by atoms with Crippen molar-refractivity contribution in [1.82, 2.24) is 0 Å². The van der Waals surface area contributed by atoms with Gasteiger partial charge in [0.2, 0.25) is 0 Å². The van der Waals surface area contributed by atoms with Crippen molar-refractivity contribution in [3.05, 3.63) is 45.7 Å². The van der Waals surface area contributed by atoms with E-state index >= 15 is 0 Å². The molecule has 1 unspecified atom stereocenters. The number of carbonyl (C=O) groups excluding carboxylic acids is 1. The number of nitrogens with one attached hydrogen (secondary N) is 1. The van der Waals surface area contributed by atoms with E-state index in [0.717, 1.165) is 0 Å². The number of carbonyl (C=O) groups is 1. The first kappa shape index (κ1) is 17.5. The van der Waals surface area contributed by atoms with Gasteiger partial charge in [-0.2, -0.15) is 0 Å². The SMILES string of the molecule is CCC(=N)CCC1=C(O)CC(c2c(C)cc(C)cc2C)CC1=O. The molecule has 3 heteroatoms. The molecule has 2 N–H and O–H groups in total. The molecule has 0 heterocycles. The molecule has 2 rings (SSSR count). The molecule has 1 atom stereocenters. The molecular formula is C20H27NO2. The Morgan fingerprint density at radius 2 is 1.83 bits per heavy atom. The van der Waals surface area contributed by atoms with E-state index in [4.69, 9.17) is 5.41 Å². The lowest BCUT2D eigenvalue weighted by molar-refractivity contribution is -0.116. The predicted octanol–water partition coefficient (Wildman–Crippen LogP) is 5.08. The molecule has 1 aliphatic rings. The van der Waals surface area contributed by atoms with Crippen LogP contribution in [-0.2, 0) is 4.79 Å². The zero-order valence-corrected chi connectivity index (χ0v) is 14.6. The number of aryl methyl sites for hydroxylation is 3. The molecule has 0 spiro atoms. The lowest BCUT2D eigenvalue weighted by atomic mass is 9.78. The smallest absolute Gasteiger partial charge is 0.162 e. The summed E-state index contributed by atoms with van der Waals surface area (Å²) >= 11 is 0. The minimum Gasteiger partial charge on any atom is -0.512 e. The average molecular weight is 313 g/mol. The third-order valence-electron chi connectivity index (χ3n) is 4.81. The summed E-state index contributed by atoms with van der Waals surface area (Å²) in [5.74, 6) is 0.342. The maximum atomic E-state index is 12.5. The summed E-state index contributed by atoms with van der Waals surface area (Å²) < 4.78 is 0. The maximum Gasteiger partial charge on any atom is 0.162 e. The van der Waals surface area contributed by atoms with E-state index in [1.807, 2.05) is 6.92 Å². The summed E-state index contributed by atoms with van der Waals surface area (Å²) in [7, 11) is 0. The summed E-state index contributed by atoms with van der Waals surface area (Å²) in [6.07, 6.45) is 2.76. The van der Waals surface area contributed by atoms with Crippen molar-refractivity contribution in [2.24, 2.45) is 0 Å². The van der Waals surface area contributed by atoms with E-state index in [1.54, 1.807) is 0 Å². The van der Waals surface area contributed by atoms with Crippen LogP contribution in [0.15, 0.2) is 23.5 Å². The lowest BCUT2D eigenvalue weighted by Gasteiger charge is -2.27. The van der Waals surface area contributed by atoms with Crippen molar-refractivity contribution in [1.29, 1.82) is 5.41 Å². The fourth-order valence-electron chi connectivity index (χ4n) is 3.71. The largest absolute Gasteiger partial charge is 0.512 e. The van der Waals surface area contributed by atoms with Crippen molar-refractivity contribution < 1.29 is 9.90 Å². The molecule has 0 aromatic heterocycles. The van der Waals surface area contributed by atoms with Gasteiger partial charge >= 0.3 is 0 Å². The molecule has 1 aromatic rings. The number of ketones is 1. The second-order valence-corrected chi connectivity index (χ2v) is 6.72. The summed E-state index contributed by atoms with van der Waals surface area (Å²) in [6, 6.07) is 4.29. The maximum absolute atomic E-state index is 12.5. The Morgan fingerprint density at radius 3 is 2.35 bits per heavy atom. The van der Waals surface area contributed by atoms with Crippen molar-refractivity contribution in [2.75, 3.05) is 0 Å². The van der Waals surface area contributed by atoms with Crippen LogP contribution >= 0.6 is 0 Å². The fourth-order valence-corrected chi connectivity index (χ4v) is 3.71. The van der Waals surface area contributed by atoms with Crippen LogP contribution in [0.5, 0.6) is 0 Å². The van der Waals surface area contributed by atoms with Gasteiger partial charge in [-0.25, -0.2) is 0 Å². The van der Waals surface area contributed by atoms with E-state index < -0.39 is 0 Å². The summed E-state index contributed by atoms with van der Waals surface area (Å²) in [6.45, 7) is 8.18. The number of benzene rings is 1. The fraction of sp³-hybridized carbons (Fsp3) is 0.500. The summed E-state index contributed by atoms with van der Waals surface area (Å²) in [5, 5.41) is 18.1. The van der Waals surface area contributed by atoms with Crippen molar-refractivity contribution in [3.8, 4) is 0 Å². The van der Waals surface area contributed by atoms with E-state index in [0.29, 0.717) is 43.4 Å². The van der Waals surface area contributed by atoms with Crippen LogP contribution in [0, 0.1) is 26.2 Å². The second kappa shape index (κ2) is 7.12. The van der Waals surface area contributed by atoms with Crippen LogP contribution in [0.4, 0.5) is 0 Å². The predicted molar refractivity (Wildman–Crippen MR) is 94.5 cm³/mol. The van der Waals surface area contributed by atoms with E-state index in [9.17, 15) is 9.90 Å². The van der Waals surface area contributed by atoms with Gasteiger partial charge in [0.1, 0.15) is 0 Å². The highest BCUT2D eigenvalue weighted by Crippen LogP contribution is 2.38. The number of allylic oxidation sites excluding steroid dienone is 2. The first-order chi connectivity index (χ1) is 10.8. The molecule has 0 saturated heterocycles. The van der Waals surface area contributed by atoms with Gasteiger partial charge in [0.05, 0.1) is 5.76 Å². The van der Waals surface area contributed by atoms with Gasteiger partial charge in [0.15, 0.2) is 5.78 Å². The van der Waals surface area contributed by atoms with Gasteiger partial charge in [0, 0.05) is 24.1 Å². The molecule has 124 valence electrons. The number of hydrogen-bond acceptors (Lipinski definition) is 3. The van der Waals surface area contributed by atoms with Crippen LogP contribution < -0.4 is 0 Å². The summed E-state index contributed by atoms with van der Waals surface area (Å²) in [4.78, 5) is 12.5. The quantitative estimate of drug-likeness (QED) is 0.745. The van der Waals surface area contributed by atoms with E-state index in [-0.39, 0.29) is 17.5 Å². The molecule has 0 radical (unpaired) electrons. The molecule has 1 aromatic carbocycles. The van der Waals surface area contributed by atoms with Gasteiger partial charge in [-0.15, -0.1) is 0 Å². The highest BCUT2D eigenvalue weighted by molar-refractivity contribution is 5.98. The number of Topliss-reactive ketones (excluding diaryl/α,β-unsaturated/α-hetero) is 1. The number of aliphatic hydroxyl groups excluding tert-OH is 1. The average Bonchev–Trinajstić information content (AvgIpc) is 2.44. The van der Waals surface area contributed by atoms with Gasteiger partial charge in [-0.3, -0.25) is 4.79 Å². The van der Waals surface area contributed by atoms with Crippen LogP contribution in [0.1, 0.15) is 67.2 Å². The Balaban J connectivity index is 2.23. The Hall–Kier alpha value is -1.90. The molecule has 0 saturated carbocycles. The standard InChI is InChI=1S/C20H27NO2/c1-5-16(21)6-7-17-18(22)10-15(11-19(17)23)20-13(3)8-12(2)9-14(20)4/h8-9,15,21-22H,5-7,10-11H2,1-4H3. The minimum atomic E-state index is 0.0435. The Kier molecular flexibility index (Phi) is 5.40. The van der Waals surface area contributed by atoms with Crippen molar-refractivity contribution >= 4 is 11.5 Å². The molecule has 0 bridgehead atoms. The minimum absolute atomic E-state index is 0.0435. The number of rotatable bonds is 5. The monoisotopic (exact) mass is 313 g/mol. The topological polar surface area (TPSA) is 61.1 Å².